The van der Waals surface area contributed by atoms with Crippen molar-refractivity contribution in [1.82, 2.24) is 4.90 Å². The van der Waals surface area contributed by atoms with E-state index in [1.807, 2.05) is 31.2 Å². The van der Waals surface area contributed by atoms with Gasteiger partial charge in [-0.3, -0.25) is 9.00 Å². The summed E-state index contributed by atoms with van der Waals surface area (Å²) < 4.78 is 16.8. The first-order valence-corrected chi connectivity index (χ1v) is 8.38. The number of rotatable bonds is 5. The van der Waals surface area contributed by atoms with Crippen molar-refractivity contribution in [3.05, 3.63) is 59.0 Å². The topological polar surface area (TPSA) is 50.5 Å². The van der Waals surface area contributed by atoms with Crippen LogP contribution in [0.15, 0.2) is 40.8 Å². The Labute approximate surface area is 127 Å². The van der Waals surface area contributed by atoms with E-state index in [2.05, 4.69) is 0 Å². The van der Waals surface area contributed by atoms with E-state index in [-0.39, 0.29) is 5.91 Å². The molecule has 0 aliphatic heterocycles. The predicted molar refractivity (Wildman–Crippen MR) is 83.5 cm³/mol. The maximum Gasteiger partial charge on any atom is 0.254 e. The smallest absolute Gasteiger partial charge is 0.254 e. The monoisotopic (exact) mass is 305 g/mol. The van der Waals surface area contributed by atoms with Crippen LogP contribution in [0.25, 0.3) is 0 Å². The largest absolute Gasteiger partial charge is 0.464 e. The molecule has 0 saturated carbocycles. The fourth-order valence-corrected chi connectivity index (χ4v) is 2.77. The van der Waals surface area contributed by atoms with Crippen molar-refractivity contribution in [2.45, 2.75) is 19.2 Å². The summed E-state index contributed by atoms with van der Waals surface area (Å²) in [6.45, 7) is 2.30. The molecule has 112 valence electrons. The Kier molecular flexibility index (Phi) is 4.96. The minimum absolute atomic E-state index is 0.0761. The average molecular weight is 305 g/mol. The minimum Gasteiger partial charge on any atom is -0.464 e. The summed E-state index contributed by atoms with van der Waals surface area (Å²) >= 11 is 0. The predicted octanol–water partition coefficient (Wildman–Crippen LogP) is 2.74. The number of carbonyl (C=O) groups is 1. The zero-order chi connectivity index (χ0) is 15.4. The number of furan rings is 1. The van der Waals surface area contributed by atoms with Gasteiger partial charge in [-0.15, -0.1) is 0 Å². The third kappa shape index (κ3) is 4.29. The molecule has 1 unspecified atom stereocenters. The van der Waals surface area contributed by atoms with Crippen LogP contribution in [0.4, 0.5) is 0 Å². The summed E-state index contributed by atoms with van der Waals surface area (Å²) in [5, 5.41) is 0. The fraction of sp³-hybridized carbons (Fsp3) is 0.312. The first kappa shape index (κ1) is 15.5. The summed E-state index contributed by atoms with van der Waals surface area (Å²) in [5.74, 6) is 1.97. The number of benzene rings is 1. The number of hydrogen-bond acceptors (Lipinski definition) is 3. The molecule has 0 fully saturated rings. The number of nitrogens with zero attached hydrogens (tertiary/aromatic N) is 1. The van der Waals surface area contributed by atoms with E-state index in [9.17, 15) is 9.00 Å². The molecule has 1 heterocycles. The minimum atomic E-state index is -0.917. The molecule has 0 saturated heterocycles. The Morgan fingerprint density at radius 3 is 2.67 bits per heavy atom. The molecule has 2 aromatic rings. The van der Waals surface area contributed by atoms with E-state index in [0.29, 0.717) is 17.9 Å². The van der Waals surface area contributed by atoms with Crippen LogP contribution in [0.2, 0.25) is 0 Å². The van der Waals surface area contributed by atoms with Crippen LogP contribution in [0.1, 0.15) is 27.4 Å². The molecule has 4 nitrogen and oxygen atoms in total. The Morgan fingerprint density at radius 1 is 1.29 bits per heavy atom. The zero-order valence-corrected chi connectivity index (χ0v) is 13.3. The summed E-state index contributed by atoms with van der Waals surface area (Å²) in [4.78, 5) is 14.0. The molecular weight excluding hydrogens is 286 g/mol. The van der Waals surface area contributed by atoms with Gasteiger partial charge in [-0.2, -0.15) is 0 Å². The molecular formula is C16H19NO3S. The van der Waals surface area contributed by atoms with Gasteiger partial charge in [-0.05, 0) is 36.8 Å². The number of amides is 1. The van der Waals surface area contributed by atoms with Gasteiger partial charge >= 0.3 is 0 Å². The number of hydrogen-bond donors (Lipinski definition) is 0. The molecule has 0 bridgehead atoms. The van der Waals surface area contributed by atoms with E-state index in [0.717, 1.165) is 17.1 Å². The molecule has 1 aromatic heterocycles. The SMILES string of the molecule is Cc1ccc(CN(C)C(=O)c2cccc(CS(C)=O)c2)o1. The first-order chi connectivity index (χ1) is 9.95. The number of aryl methyl sites for hydroxylation is 1. The molecule has 0 radical (unpaired) electrons. The molecule has 0 spiro atoms. The summed E-state index contributed by atoms with van der Waals surface area (Å²) in [5.41, 5.74) is 1.51. The Balaban J connectivity index is 2.09. The lowest BCUT2D eigenvalue weighted by molar-refractivity contribution is 0.0775. The second-order valence-electron chi connectivity index (χ2n) is 5.09. The van der Waals surface area contributed by atoms with Gasteiger partial charge in [-0.25, -0.2) is 0 Å². The maximum absolute atomic E-state index is 12.4. The van der Waals surface area contributed by atoms with E-state index < -0.39 is 10.8 Å². The Morgan fingerprint density at radius 2 is 2.05 bits per heavy atom. The van der Waals surface area contributed by atoms with Crippen molar-refractivity contribution in [2.24, 2.45) is 0 Å². The van der Waals surface area contributed by atoms with Crippen molar-refractivity contribution >= 4 is 16.7 Å². The van der Waals surface area contributed by atoms with E-state index >= 15 is 0 Å². The first-order valence-electron chi connectivity index (χ1n) is 6.65. The van der Waals surface area contributed by atoms with Crippen LogP contribution < -0.4 is 0 Å². The van der Waals surface area contributed by atoms with E-state index in [1.54, 1.807) is 30.3 Å². The third-order valence-electron chi connectivity index (χ3n) is 3.08. The van der Waals surface area contributed by atoms with Crippen molar-refractivity contribution < 1.29 is 13.4 Å². The maximum atomic E-state index is 12.4. The van der Waals surface area contributed by atoms with Crippen LogP contribution in [-0.2, 0) is 23.1 Å². The second kappa shape index (κ2) is 6.72. The molecule has 1 amide bonds. The van der Waals surface area contributed by atoms with Gasteiger partial charge in [-0.1, -0.05) is 12.1 Å². The molecule has 5 heteroatoms. The molecule has 1 aromatic carbocycles. The lowest BCUT2D eigenvalue weighted by Gasteiger charge is -2.16. The average Bonchev–Trinajstić information content (AvgIpc) is 2.82. The van der Waals surface area contributed by atoms with Crippen LogP contribution in [0.5, 0.6) is 0 Å². The standard InChI is InChI=1S/C16H19NO3S/c1-12-7-8-15(20-12)10-17(2)16(18)14-6-4-5-13(9-14)11-21(3)19/h4-9H,10-11H2,1-3H3. The van der Waals surface area contributed by atoms with Gasteiger partial charge in [0.05, 0.1) is 6.54 Å². The number of carbonyl (C=O) groups excluding carboxylic acids is 1. The lowest BCUT2D eigenvalue weighted by Crippen LogP contribution is -2.26. The zero-order valence-electron chi connectivity index (χ0n) is 12.5. The van der Waals surface area contributed by atoms with Gasteiger partial charge in [0.15, 0.2) is 0 Å². The van der Waals surface area contributed by atoms with E-state index in [4.69, 9.17) is 4.42 Å². The molecule has 0 aliphatic carbocycles. The highest BCUT2D eigenvalue weighted by Gasteiger charge is 2.14. The van der Waals surface area contributed by atoms with Gasteiger partial charge < -0.3 is 9.32 Å². The fourth-order valence-electron chi connectivity index (χ4n) is 2.12. The lowest BCUT2D eigenvalue weighted by atomic mass is 10.1. The summed E-state index contributed by atoms with van der Waals surface area (Å²) in [6, 6.07) is 11.0. The van der Waals surface area contributed by atoms with Crippen molar-refractivity contribution in [3.8, 4) is 0 Å². The van der Waals surface area contributed by atoms with Crippen molar-refractivity contribution in [3.63, 3.8) is 0 Å². The Hall–Kier alpha value is -1.88. The summed E-state index contributed by atoms with van der Waals surface area (Å²) in [6.07, 6.45) is 1.65. The highest BCUT2D eigenvalue weighted by molar-refractivity contribution is 7.83. The summed E-state index contributed by atoms with van der Waals surface area (Å²) in [7, 11) is 0.824. The second-order valence-corrected chi connectivity index (χ2v) is 6.53. The van der Waals surface area contributed by atoms with Gasteiger partial charge in [0.25, 0.3) is 5.91 Å². The van der Waals surface area contributed by atoms with Crippen LogP contribution >= 0.6 is 0 Å². The quantitative estimate of drug-likeness (QED) is 0.853. The van der Waals surface area contributed by atoms with Gasteiger partial charge in [0.2, 0.25) is 0 Å². The molecule has 0 aliphatic rings. The van der Waals surface area contributed by atoms with Crippen LogP contribution in [-0.4, -0.2) is 28.3 Å². The molecule has 2 rings (SSSR count). The van der Waals surface area contributed by atoms with Crippen molar-refractivity contribution in [2.75, 3.05) is 13.3 Å². The van der Waals surface area contributed by atoms with Crippen LogP contribution in [0, 0.1) is 6.92 Å². The molecule has 1 atom stereocenters. The van der Waals surface area contributed by atoms with Crippen molar-refractivity contribution in [1.29, 1.82) is 0 Å². The Bertz CT molecular complexity index is 663. The highest BCUT2D eigenvalue weighted by Crippen LogP contribution is 2.13. The highest BCUT2D eigenvalue weighted by atomic mass is 32.2. The van der Waals surface area contributed by atoms with Crippen LogP contribution in [0.3, 0.4) is 0 Å². The van der Waals surface area contributed by atoms with Gasteiger partial charge in [0, 0.05) is 35.4 Å². The molecule has 0 N–H and O–H groups in total. The normalized spacial score (nSPS) is 12.1. The third-order valence-corrected chi connectivity index (χ3v) is 3.82. The van der Waals surface area contributed by atoms with E-state index in [1.165, 1.54) is 0 Å². The van der Waals surface area contributed by atoms with Gasteiger partial charge in [0.1, 0.15) is 11.5 Å². The molecule has 21 heavy (non-hydrogen) atoms.